The monoisotopic (exact) mass is 219 g/mol. The van der Waals surface area contributed by atoms with Gasteiger partial charge in [0.05, 0.1) is 5.60 Å². The van der Waals surface area contributed by atoms with E-state index in [0.29, 0.717) is 19.4 Å². The third-order valence-electron chi connectivity index (χ3n) is 3.16. The SMILES string of the molecule is CC(=O)NCC1(O)CCc2ccccc2C1. The largest absolute Gasteiger partial charge is 0.388 e. The number of amides is 1. The lowest BCUT2D eigenvalue weighted by Crippen LogP contribution is -2.46. The number of rotatable bonds is 2. The predicted molar refractivity (Wildman–Crippen MR) is 62.1 cm³/mol. The van der Waals surface area contributed by atoms with E-state index < -0.39 is 5.60 Å². The summed E-state index contributed by atoms with van der Waals surface area (Å²) in [6.45, 7) is 1.82. The number of aliphatic hydroxyl groups is 1. The van der Waals surface area contributed by atoms with Gasteiger partial charge in [-0.3, -0.25) is 4.79 Å². The van der Waals surface area contributed by atoms with E-state index in [1.165, 1.54) is 18.1 Å². The van der Waals surface area contributed by atoms with Crippen LogP contribution in [0.4, 0.5) is 0 Å². The van der Waals surface area contributed by atoms with Crippen molar-refractivity contribution in [1.29, 1.82) is 0 Å². The molecule has 2 N–H and O–H groups in total. The van der Waals surface area contributed by atoms with E-state index in [2.05, 4.69) is 11.4 Å². The Morgan fingerprint density at radius 2 is 2.12 bits per heavy atom. The molecular formula is C13H17NO2. The average molecular weight is 219 g/mol. The van der Waals surface area contributed by atoms with Gasteiger partial charge in [-0.15, -0.1) is 0 Å². The van der Waals surface area contributed by atoms with Crippen LogP contribution in [0.2, 0.25) is 0 Å². The lowest BCUT2D eigenvalue weighted by Gasteiger charge is -2.33. The van der Waals surface area contributed by atoms with Crippen LogP contribution in [0.5, 0.6) is 0 Å². The smallest absolute Gasteiger partial charge is 0.216 e. The summed E-state index contributed by atoms with van der Waals surface area (Å²) in [5, 5.41) is 13.0. The molecular weight excluding hydrogens is 202 g/mol. The fourth-order valence-corrected chi connectivity index (χ4v) is 2.22. The van der Waals surface area contributed by atoms with Crippen molar-refractivity contribution in [2.24, 2.45) is 0 Å². The molecule has 3 heteroatoms. The third kappa shape index (κ3) is 2.42. The Balaban J connectivity index is 2.08. The number of carbonyl (C=O) groups is 1. The average Bonchev–Trinajstić information content (AvgIpc) is 2.26. The molecule has 0 aliphatic heterocycles. The molecule has 1 amide bonds. The van der Waals surface area contributed by atoms with Crippen molar-refractivity contribution in [3.8, 4) is 0 Å². The Bertz CT molecular complexity index is 403. The van der Waals surface area contributed by atoms with Crippen molar-refractivity contribution in [3.05, 3.63) is 35.4 Å². The Labute approximate surface area is 95.5 Å². The molecule has 3 nitrogen and oxygen atoms in total. The van der Waals surface area contributed by atoms with Gasteiger partial charge in [-0.05, 0) is 24.0 Å². The van der Waals surface area contributed by atoms with E-state index in [9.17, 15) is 9.90 Å². The van der Waals surface area contributed by atoms with Gasteiger partial charge in [0, 0.05) is 19.9 Å². The summed E-state index contributed by atoms with van der Waals surface area (Å²) in [7, 11) is 0. The fraction of sp³-hybridized carbons (Fsp3) is 0.462. The van der Waals surface area contributed by atoms with Gasteiger partial charge in [0.2, 0.25) is 5.91 Å². The summed E-state index contributed by atoms with van der Waals surface area (Å²) in [5.74, 6) is -0.0905. The maximum atomic E-state index is 10.9. The van der Waals surface area contributed by atoms with Crippen molar-refractivity contribution < 1.29 is 9.90 Å². The molecule has 1 atom stereocenters. The Morgan fingerprint density at radius 3 is 2.81 bits per heavy atom. The van der Waals surface area contributed by atoms with Crippen molar-refractivity contribution in [3.63, 3.8) is 0 Å². The van der Waals surface area contributed by atoms with E-state index in [1.807, 2.05) is 18.2 Å². The van der Waals surface area contributed by atoms with Crippen LogP contribution in [0, 0.1) is 0 Å². The standard InChI is InChI=1S/C13H17NO2/c1-10(15)14-9-13(16)7-6-11-4-2-3-5-12(11)8-13/h2-5,16H,6-9H2,1H3,(H,14,15). The Hall–Kier alpha value is -1.35. The molecule has 1 aromatic carbocycles. The van der Waals surface area contributed by atoms with Crippen LogP contribution in [-0.2, 0) is 17.6 Å². The highest BCUT2D eigenvalue weighted by molar-refractivity contribution is 5.72. The predicted octanol–water partition coefficient (Wildman–Crippen LogP) is 1.04. The number of nitrogens with one attached hydrogen (secondary N) is 1. The van der Waals surface area contributed by atoms with E-state index in [1.54, 1.807) is 0 Å². The third-order valence-corrected chi connectivity index (χ3v) is 3.16. The van der Waals surface area contributed by atoms with Gasteiger partial charge in [0.15, 0.2) is 0 Å². The first kappa shape index (κ1) is 11.1. The van der Waals surface area contributed by atoms with Crippen LogP contribution in [0.25, 0.3) is 0 Å². The van der Waals surface area contributed by atoms with Crippen molar-refractivity contribution >= 4 is 5.91 Å². The van der Waals surface area contributed by atoms with Gasteiger partial charge in [-0.25, -0.2) is 0 Å². The minimum Gasteiger partial charge on any atom is -0.388 e. The zero-order valence-electron chi connectivity index (χ0n) is 9.49. The zero-order chi connectivity index (χ0) is 11.6. The number of carbonyl (C=O) groups excluding carboxylic acids is 1. The van der Waals surface area contributed by atoms with Gasteiger partial charge in [-0.2, -0.15) is 0 Å². The number of benzene rings is 1. The van der Waals surface area contributed by atoms with Crippen molar-refractivity contribution in [2.45, 2.75) is 31.8 Å². The second kappa shape index (κ2) is 4.26. The van der Waals surface area contributed by atoms with Crippen LogP contribution < -0.4 is 5.32 Å². The number of hydrogen-bond acceptors (Lipinski definition) is 2. The lowest BCUT2D eigenvalue weighted by atomic mass is 9.80. The van der Waals surface area contributed by atoms with E-state index in [4.69, 9.17) is 0 Å². The first-order chi connectivity index (χ1) is 7.59. The maximum Gasteiger partial charge on any atom is 0.216 e. The molecule has 0 heterocycles. The second-order valence-corrected chi connectivity index (χ2v) is 4.58. The minimum atomic E-state index is -0.778. The molecule has 1 aliphatic carbocycles. The van der Waals surface area contributed by atoms with Gasteiger partial charge >= 0.3 is 0 Å². The summed E-state index contributed by atoms with van der Waals surface area (Å²) in [4.78, 5) is 10.9. The first-order valence-electron chi connectivity index (χ1n) is 5.63. The highest BCUT2D eigenvalue weighted by Crippen LogP contribution is 2.28. The van der Waals surface area contributed by atoms with Gasteiger partial charge < -0.3 is 10.4 Å². The van der Waals surface area contributed by atoms with Gasteiger partial charge in [0.25, 0.3) is 0 Å². The fourth-order valence-electron chi connectivity index (χ4n) is 2.22. The Kier molecular flexibility index (Phi) is 2.97. The number of aryl methyl sites for hydroxylation is 1. The maximum absolute atomic E-state index is 10.9. The van der Waals surface area contributed by atoms with E-state index in [0.717, 1.165) is 6.42 Å². The van der Waals surface area contributed by atoms with Crippen molar-refractivity contribution in [1.82, 2.24) is 5.32 Å². The van der Waals surface area contributed by atoms with Gasteiger partial charge in [0.1, 0.15) is 0 Å². The Morgan fingerprint density at radius 1 is 1.44 bits per heavy atom. The normalized spacial score (nSPS) is 23.6. The van der Waals surface area contributed by atoms with E-state index >= 15 is 0 Å². The van der Waals surface area contributed by atoms with Crippen LogP contribution in [-0.4, -0.2) is 23.2 Å². The van der Waals surface area contributed by atoms with Crippen LogP contribution >= 0.6 is 0 Å². The van der Waals surface area contributed by atoms with E-state index in [-0.39, 0.29) is 5.91 Å². The molecule has 0 fully saturated rings. The summed E-state index contributed by atoms with van der Waals surface area (Å²) < 4.78 is 0. The highest BCUT2D eigenvalue weighted by atomic mass is 16.3. The van der Waals surface area contributed by atoms with Crippen molar-refractivity contribution in [2.75, 3.05) is 6.54 Å². The molecule has 86 valence electrons. The molecule has 2 rings (SSSR count). The molecule has 0 saturated heterocycles. The van der Waals surface area contributed by atoms with Gasteiger partial charge in [-0.1, -0.05) is 24.3 Å². The molecule has 0 aromatic heterocycles. The molecule has 1 aromatic rings. The molecule has 1 aliphatic rings. The highest BCUT2D eigenvalue weighted by Gasteiger charge is 2.31. The first-order valence-corrected chi connectivity index (χ1v) is 5.63. The molecule has 16 heavy (non-hydrogen) atoms. The second-order valence-electron chi connectivity index (χ2n) is 4.58. The zero-order valence-corrected chi connectivity index (χ0v) is 9.49. The molecule has 1 unspecified atom stereocenters. The molecule has 0 saturated carbocycles. The number of fused-ring (bicyclic) bond motifs is 1. The lowest BCUT2D eigenvalue weighted by molar-refractivity contribution is -0.120. The summed E-state index contributed by atoms with van der Waals surface area (Å²) >= 11 is 0. The quantitative estimate of drug-likeness (QED) is 0.781. The minimum absolute atomic E-state index is 0.0905. The summed E-state index contributed by atoms with van der Waals surface area (Å²) in [6.07, 6.45) is 2.22. The topological polar surface area (TPSA) is 49.3 Å². The summed E-state index contributed by atoms with van der Waals surface area (Å²) in [5.41, 5.74) is 1.73. The van der Waals surface area contributed by atoms with Crippen LogP contribution in [0.15, 0.2) is 24.3 Å². The molecule has 0 radical (unpaired) electrons. The van der Waals surface area contributed by atoms with Crippen LogP contribution in [0.3, 0.4) is 0 Å². The summed E-state index contributed by atoms with van der Waals surface area (Å²) in [6, 6.07) is 8.17. The number of hydrogen-bond donors (Lipinski definition) is 2. The van der Waals surface area contributed by atoms with Crippen LogP contribution in [0.1, 0.15) is 24.5 Å². The molecule has 0 bridgehead atoms. The molecule has 0 spiro atoms.